The summed E-state index contributed by atoms with van der Waals surface area (Å²) < 4.78 is 1.24. The maximum Gasteiger partial charge on any atom is 0.276 e. The molecular weight excluding hydrogens is 428 g/mol. The molecule has 0 saturated heterocycles. The van der Waals surface area contributed by atoms with E-state index in [1.165, 1.54) is 16.8 Å². The van der Waals surface area contributed by atoms with Gasteiger partial charge in [0.15, 0.2) is 0 Å². The van der Waals surface area contributed by atoms with Gasteiger partial charge in [0, 0.05) is 6.07 Å². The summed E-state index contributed by atoms with van der Waals surface area (Å²) in [6.45, 7) is 2.14. The molecule has 2 N–H and O–H groups in total. The van der Waals surface area contributed by atoms with Crippen LogP contribution in [0.1, 0.15) is 44.9 Å². The van der Waals surface area contributed by atoms with Gasteiger partial charge in [-0.05, 0) is 36.2 Å². The Kier molecular flexibility index (Phi) is 6.93. The van der Waals surface area contributed by atoms with E-state index in [-0.39, 0.29) is 29.7 Å². The minimum Gasteiger partial charge on any atom is -0.345 e. The van der Waals surface area contributed by atoms with Gasteiger partial charge in [-0.3, -0.25) is 14.4 Å². The molecule has 1 heterocycles. The summed E-state index contributed by atoms with van der Waals surface area (Å²) >= 11 is 0. The van der Waals surface area contributed by atoms with Crippen LogP contribution in [0.25, 0.3) is 0 Å². The van der Waals surface area contributed by atoms with Crippen LogP contribution in [-0.2, 0) is 6.54 Å². The third kappa shape index (κ3) is 5.45. The Bertz CT molecular complexity index is 1350. The molecule has 0 aliphatic carbocycles. The van der Waals surface area contributed by atoms with Crippen LogP contribution in [0.4, 0.5) is 5.69 Å². The fourth-order valence-corrected chi connectivity index (χ4v) is 3.52. The highest BCUT2D eigenvalue weighted by molar-refractivity contribution is 6.08. The molecule has 1 unspecified atom stereocenters. The predicted octanol–water partition coefficient (Wildman–Crippen LogP) is 4.03. The van der Waals surface area contributed by atoms with Crippen molar-refractivity contribution in [2.75, 3.05) is 5.32 Å². The fraction of sp³-hybridized carbons (Fsp3) is 0.111. The summed E-state index contributed by atoms with van der Waals surface area (Å²) in [7, 11) is 0. The Balaban J connectivity index is 1.51. The molecule has 0 bridgehead atoms. The monoisotopic (exact) mass is 452 g/mol. The van der Waals surface area contributed by atoms with Gasteiger partial charge in [-0.1, -0.05) is 72.8 Å². The lowest BCUT2D eigenvalue weighted by Gasteiger charge is -2.16. The lowest BCUT2D eigenvalue weighted by atomic mass is 10.1. The number of para-hydroxylation sites is 1. The van der Waals surface area contributed by atoms with E-state index in [2.05, 4.69) is 15.7 Å². The molecule has 7 heteroatoms. The zero-order chi connectivity index (χ0) is 23.9. The number of benzene rings is 3. The number of amides is 2. The standard InChI is InChI=1S/C27H24N4O3/c1-19(21-12-6-3-7-13-21)28-26(33)22-14-8-9-15-23(22)29-27(34)24-16-17-25(32)31(30-24)18-20-10-4-2-5-11-20/h2-17,19H,18H2,1H3,(H,28,33)(H,29,34). The van der Waals surface area contributed by atoms with E-state index in [4.69, 9.17) is 0 Å². The Morgan fingerprint density at radius 2 is 1.47 bits per heavy atom. The summed E-state index contributed by atoms with van der Waals surface area (Å²) in [5, 5.41) is 9.93. The van der Waals surface area contributed by atoms with E-state index >= 15 is 0 Å². The summed E-state index contributed by atoms with van der Waals surface area (Å²) in [5.41, 5.74) is 2.31. The molecule has 2 amide bonds. The van der Waals surface area contributed by atoms with Gasteiger partial charge in [0.25, 0.3) is 17.4 Å². The zero-order valence-corrected chi connectivity index (χ0v) is 18.6. The normalized spacial score (nSPS) is 11.4. The molecule has 1 atom stereocenters. The third-order valence-electron chi connectivity index (χ3n) is 5.34. The number of anilines is 1. The zero-order valence-electron chi connectivity index (χ0n) is 18.6. The average Bonchev–Trinajstić information content (AvgIpc) is 2.86. The summed E-state index contributed by atoms with van der Waals surface area (Å²) in [5.74, 6) is -0.826. The maximum absolute atomic E-state index is 12.9. The van der Waals surface area contributed by atoms with Crippen LogP contribution in [0.5, 0.6) is 0 Å². The first-order chi connectivity index (χ1) is 16.5. The molecule has 0 saturated carbocycles. The van der Waals surface area contributed by atoms with Crippen LogP contribution in [0.2, 0.25) is 0 Å². The van der Waals surface area contributed by atoms with Crippen molar-refractivity contribution in [3.8, 4) is 0 Å². The molecule has 0 fully saturated rings. The molecule has 0 aliphatic rings. The molecule has 170 valence electrons. The van der Waals surface area contributed by atoms with Crippen LogP contribution in [0.3, 0.4) is 0 Å². The van der Waals surface area contributed by atoms with Crippen molar-refractivity contribution < 1.29 is 9.59 Å². The van der Waals surface area contributed by atoms with Crippen molar-refractivity contribution in [3.05, 3.63) is 130 Å². The van der Waals surface area contributed by atoms with Gasteiger partial charge >= 0.3 is 0 Å². The summed E-state index contributed by atoms with van der Waals surface area (Å²) in [4.78, 5) is 38.1. The summed E-state index contributed by atoms with van der Waals surface area (Å²) in [6, 6.07) is 28.3. The van der Waals surface area contributed by atoms with Gasteiger partial charge < -0.3 is 10.6 Å². The molecule has 3 aromatic carbocycles. The molecule has 0 spiro atoms. The lowest BCUT2D eigenvalue weighted by molar-refractivity contribution is 0.0940. The van der Waals surface area contributed by atoms with E-state index in [9.17, 15) is 14.4 Å². The van der Waals surface area contributed by atoms with Gasteiger partial charge in [0.1, 0.15) is 5.69 Å². The highest BCUT2D eigenvalue weighted by atomic mass is 16.2. The largest absolute Gasteiger partial charge is 0.345 e. The fourth-order valence-electron chi connectivity index (χ4n) is 3.52. The number of nitrogens with zero attached hydrogens (tertiary/aromatic N) is 2. The predicted molar refractivity (Wildman–Crippen MR) is 131 cm³/mol. The average molecular weight is 453 g/mol. The minimum atomic E-state index is -0.516. The molecule has 4 aromatic rings. The Morgan fingerprint density at radius 1 is 0.824 bits per heavy atom. The SMILES string of the molecule is CC(NC(=O)c1ccccc1NC(=O)c1ccc(=O)n(Cc2ccccc2)n1)c1ccccc1. The van der Waals surface area contributed by atoms with E-state index in [0.717, 1.165) is 11.1 Å². The topological polar surface area (TPSA) is 93.1 Å². The number of carbonyl (C=O) groups excluding carboxylic acids is 2. The Hall–Kier alpha value is -4.52. The first kappa shape index (κ1) is 22.7. The molecule has 34 heavy (non-hydrogen) atoms. The second-order valence-electron chi connectivity index (χ2n) is 7.81. The first-order valence-corrected chi connectivity index (χ1v) is 10.9. The smallest absolute Gasteiger partial charge is 0.276 e. The molecule has 1 aromatic heterocycles. The molecule has 4 rings (SSSR count). The second kappa shape index (κ2) is 10.4. The number of hydrogen-bond donors (Lipinski definition) is 2. The molecule has 0 radical (unpaired) electrons. The number of aromatic nitrogens is 2. The van der Waals surface area contributed by atoms with Crippen LogP contribution in [-0.4, -0.2) is 21.6 Å². The lowest BCUT2D eigenvalue weighted by Crippen LogP contribution is -2.29. The molecule has 7 nitrogen and oxygen atoms in total. The van der Waals surface area contributed by atoms with Crippen molar-refractivity contribution in [2.45, 2.75) is 19.5 Å². The van der Waals surface area contributed by atoms with E-state index in [1.54, 1.807) is 24.3 Å². The quantitative estimate of drug-likeness (QED) is 0.443. The number of carbonyl (C=O) groups is 2. The van der Waals surface area contributed by atoms with Crippen LogP contribution < -0.4 is 16.2 Å². The number of hydrogen-bond acceptors (Lipinski definition) is 4. The Morgan fingerprint density at radius 3 is 2.21 bits per heavy atom. The van der Waals surface area contributed by atoms with Crippen LogP contribution in [0.15, 0.2) is 102 Å². The van der Waals surface area contributed by atoms with Crippen LogP contribution in [0, 0.1) is 0 Å². The van der Waals surface area contributed by atoms with Gasteiger partial charge in [-0.15, -0.1) is 0 Å². The molecular formula is C27H24N4O3. The first-order valence-electron chi connectivity index (χ1n) is 10.9. The van der Waals surface area contributed by atoms with Gasteiger partial charge in [0.05, 0.1) is 23.8 Å². The second-order valence-corrected chi connectivity index (χ2v) is 7.81. The van der Waals surface area contributed by atoms with E-state index in [1.807, 2.05) is 67.6 Å². The Labute approximate surface area is 197 Å². The minimum absolute atomic E-state index is 0.0726. The van der Waals surface area contributed by atoms with Crippen molar-refractivity contribution in [1.29, 1.82) is 0 Å². The van der Waals surface area contributed by atoms with Gasteiger partial charge in [-0.25, -0.2) is 4.68 Å². The van der Waals surface area contributed by atoms with Crippen molar-refractivity contribution >= 4 is 17.5 Å². The summed E-state index contributed by atoms with van der Waals surface area (Å²) in [6.07, 6.45) is 0. The van der Waals surface area contributed by atoms with Crippen LogP contribution >= 0.6 is 0 Å². The van der Waals surface area contributed by atoms with Gasteiger partial charge in [-0.2, -0.15) is 5.10 Å². The number of nitrogens with one attached hydrogen (secondary N) is 2. The maximum atomic E-state index is 12.9. The third-order valence-corrected chi connectivity index (χ3v) is 5.34. The van der Waals surface area contributed by atoms with E-state index < -0.39 is 5.91 Å². The van der Waals surface area contributed by atoms with Crippen molar-refractivity contribution in [2.24, 2.45) is 0 Å². The molecule has 0 aliphatic heterocycles. The van der Waals surface area contributed by atoms with E-state index in [0.29, 0.717) is 11.3 Å². The highest BCUT2D eigenvalue weighted by Crippen LogP contribution is 2.18. The van der Waals surface area contributed by atoms with Crippen molar-refractivity contribution in [3.63, 3.8) is 0 Å². The highest BCUT2D eigenvalue weighted by Gasteiger charge is 2.17. The number of rotatable bonds is 7. The van der Waals surface area contributed by atoms with Crippen molar-refractivity contribution in [1.82, 2.24) is 15.1 Å². The van der Waals surface area contributed by atoms with Gasteiger partial charge in [0.2, 0.25) is 0 Å².